The van der Waals surface area contributed by atoms with Crippen LogP contribution < -0.4 is 5.32 Å². The van der Waals surface area contributed by atoms with E-state index in [1.165, 1.54) is 38.9 Å². The second-order valence-corrected chi connectivity index (χ2v) is 6.90. The second-order valence-electron chi connectivity index (χ2n) is 6.90. The van der Waals surface area contributed by atoms with Gasteiger partial charge in [0.25, 0.3) is 0 Å². The number of H-pyrrole nitrogens is 1. The zero-order valence-electron chi connectivity index (χ0n) is 13.1. The Morgan fingerprint density at radius 3 is 2.67 bits per heavy atom. The summed E-state index contributed by atoms with van der Waals surface area (Å²) in [6.07, 6.45) is 3.80. The number of benzene rings is 1. The van der Waals surface area contributed by atoms with Crippen LogP contribution >= 0.6 is 0 Å². The molecule has 3 saturated heterocycles. The molecule has 5 rings (SSSR count). The minimum atomic E-state index is -0.906. The molecule has 3 aliphatic rings. The van der Waals surface area contributed by atoms with E-state index in [9.17, 15) is 9.90 Å². The van der Waals surface area contributed by atoms with Crippen LogP contribution in [0.3, 0.4) is 0 Å². The third-order valence-electron chi connectivity index (χ3n) is 5.56. The number of carbonyl (C=O) groups is 1. The topological polar surface area (TPSA) is 81.2 Å². The van der Waals surface area contributed by atoms with Gasteiger partial charge < -0.3 is 15.3 Å². The molecule has 0 saturated carbocycles. The molecule has 0 radical (unpaired) electrons. The predicted molar refractivity (Wildman–Crippen MR) is 94.6 cm³/mol. The zero-order chi connectivity index (χ0) is 15.9. The maximum atomic E-state index is 11.4. The van der Waals surface area contributed by atoms with E-state index in [-0.39, 0.29) is 18.9 Å². The number of aromatic nitrogens is 2. The minimum absolute atomic E-state index is 0. The van der Waals surface area contributed by atoms with E-state index >= 15 is 0 Å². The Labute approximate surface area is 153 Å². The molecule has 2 bridgehead atoms. The van der Waals surface area contributed by atoms with Crippen molar-refractivity contribution in [2.24, 2.45) is 5.41 Å². The van der Waals surface area contributed by atoms with Gasteiger partial charge in [0.15, 0.2) is 0 Å². The molecule has 3 fully saturated rings. The summed E-state index contributed by atoms with van der Waals surface area (Å²) in [5.74, 6) is -0.906. The zero-order valence-corrected chi connectivity index (χ0v) is 13.1. The van der Waals surface area contributed by atoms with Crippen molar-refractivity contribution in [2.45, 2.75) is 25.8 Å². The van der Waals surface area contributed by atoms with Gasteiger partial charge >= 0.3 is 24.8 Å². The Morgan fingerprint density at radius 2 is 2.00 bits per heavy atom. The fourth-order valence-electron chi connectivity index (χ4n) is 4.05. The van der Waals surface area contributed by atoms with Crippen molar-refractivity contribution in [1.29, 1.82) is 0 Å². The molecular weight excluding hydrogens is 299 g/mol. The van der Waals surface area contributed by atoms with E-state index in [1.54, 1.807) is 12.1 Å². The van der Waals surface area contributed by atoms with E-state index < -0.39 is 5.97 Å². The van der Waals surface area contributed by atoms with Gasteiger partial charge in [0.2, 0.25) is 0 Å². The van der Waals surface area contributed by atoms with Crippen molar-refractivity contribution < 1.29 is 9.90 Å². The Bertz CT molecular complexity index is 723. The van der Waals surface area contributed by atoms with E-state index in [0.717, 1.165) is 23.1 Å². The summed E-state index contributed by atoms with van der Waals surface area (Å²) >= 11 is 0. The first-order valence-corrected chi connectivity index (χ1v) is 8.29. The Kier molecular flexibility index (Phi) is 5.02. The van der Waals surface area contributed by atoms with Crippen LogP contribution in [0.15, 0.2) is 18.2 Å². The molecular formula is C17H23LiN4O2. The van der Waals surface area contributed by atoms with Crippen LogP contribution in [-0.4, -0.2) is 71.2 Å². The Morgan fingerprint density at radius 1 is 1.29 bits per heavy atom. The number of hydrogen-bond donors (Lipinski definition) is 3. The number of nitrogens with zero attached hydrogens (tertiary/aromatic N) is 2. The average Bonchev–Trinajstić information content (AvgIpc) is 2.99. The molecule has 6 nitrogen and oxygen atoms in total. The van der Waals surface area contributed by atoms with Crippen molar-refractivity contribution in [1.82, 2.24) is 20.4 Å². The molecule has 2 aromatic rings. The first-order valence-electron chi connectivity index (χ1n) is 8.29. The van der Waals surface area contributed by atoms with Gasteiger partial charge in [0.1, 0.15) is 0 Å². The Hall–Kier alpha value is -1.32. The summed E-state index contributed by atoms with van der Waals surface area (Å²) in [6.45, 7) is 5.25. The van der Waals surface area contributed by atoms with Gasteiger partial charge in [-0.3, -0.25) is 5.10 Å². The standard InChI is InChI=1S/C17H22N4O2.Li.H/c22-16(23)12-2-1-3-13-15(12)14(20-19-13)10-18-11-17-4-7-21(8-5-17)9-6-17;;/h1-3,18H,4-11H2,(H,19,20)(H,22,23);;. The molecule has 0 unspecified atom stereocenters. The molecule has 3 N–H and O–H groups in total. The number of nitrogens with one attached hydrogen (secondary N) is 2. The summed E-state index contributed by atoms with van der Waals surface area (Å²) in [5.41, 5.74) is 2.32. The first kappa shape index (κ1) is 17.5. The quantitative estimate of drug-likeness (QED) is 0.721. The Balaban J connectivity index is 0.00000169. The average molecular weight is 322 g/mol. The third-order valence-corrected chi connectivity index (χ3v) is 5.56. The molecule has 0 atom stereocenters. The van der Waals surface area contributed by atoms with Gasteiger partial charge in [-0.2, -0.15) is 5.10 Å². The molecule has 124 valence electrons. The predicted octanol–water partition coefficient (Wildman–Crippen LogP) is 1.19. The molecule has 0 amide bonds. The van der Waals surface area contributed by atoms with Gasteiger partial charge in [0, 0.05) is 18.5 Å². The van der Waals surface area contributed by atoms with Crippen LogP contribution in [0.1, 0.15) is 35.3 Å². The fraction of sp³-hybridized carbons (Fsp3) is 0.529. The molecule has 7 heteroatoms. The number of aromatic amines is 1. The van der Waals surface area contributed by atoms with Crippen LogP contribution in [0.5, 0.6) is 0 Å². The van der Waals surface area contributed by atoms with Gasteiger partial charge in [-0.25, -0.2) is 4.79 Å². The molecule has 3 aliphatic heterocycles. The number of hydrogen-bond acceptors (Lipinski definition) is 4. The van der Waals surface area contributed by atoms with E-state index in [4.69, 9.17) is 0 Å². The van der Waals surface area contributed by atoms with Crippen LogP contribution in [-0.2, 0) is 6.54 Å². The van der Waals surface area contributed by atoms with Gasteiger partial charge in [-0.15, -0.1) is 0 Å². The molecule has 24 heavy (non-hydrogen) atoms. The van der Waals surface area contributed by atoms with Crippen molar-refractivity contribution in [2.75, 3.05) is 26.2 Å². The van der Waals surface area contributed by atoms with Crippen molar-refractivity contribution >= 4 is 35.7 Å². The summed E-state index contributed by atoms with van der Waals surface area (Å²) in [5, 5.41) is 20.9. The van der Waals surface area contributed by atoms with Crippen molar-refractivity contribution in [3.8, 4) is 0 Å². The van der Waals surface area contributed by atoms with Gasteiger partial charge in [-0.05, 0) is 56.4 Å². The summed E-state index contributed by atoms with van der Waals surface area (Å²) in [7, 11) is 0. The normalized spacial score (nSPS) is 25.6. The molecule has 1 aromatic carbocycles. The number of fused-ring (bicyclic) bond motifs is 4. The fourth-order valence-corrected chi connectivity index (χ4v) is 4.05. The molecule has 1 aromatic heterocycles. The molecule has 4 heterocycles. The number of rotatable bonds is 5. The summed E-state index contributed by atoms with van der Waals surface area (Å²) in [4.78, 5) is 14.0. The SMILES string of the molecule is O=C(O)c1cccc2[nH]nc(CNCC34CCN(CC3)CC4)c12.[LiH]. The monoisotopic (exact) mass is 322 g/mol. The molecule has 0 aliphatic carbocycles. The first-order chi connectivity index (χ1) is 11.2. The summed E-state index contributed by atoms with van der Waals surface area (Å²) < 4.78 is 0. The van der Waals surface area contributed by atoms with Crippen molar-refractivity contribution in [3.05, 3.63) is 29.5 Å². The van der Waals surface area contributed by atoms with Crippen LogP contribution in [0, 0.1) is 5.41 Å². The van der Waals surface area contributed by atoms with Crippen LogP contribution in [0.25, 0.3) is 10.9 Å². The van der Waals surface area contributed by atoms with Crippen LogP contribution in [0.4, 0.5) is 0 Å². The van der Waals surface area contributed by atoms with Crippen LogP contribution in [0.2, 0.25) is 0 Å². The number of carboxylic acids is 1. The maximum absolute atomic E-state index is 11.4. The van der Waals surface area contributed by atoms with E-state index in [1.807, 2.05) is 6.07 Å². The second kappa shape index (κ2) is 6.89. The molecule has 0 spiro atoms. The van der Waals surface area contributed by atoms with E-state index in [0.29, 0.717) is 17.5 Å². The van der Waals surface area contributed by atoms with Gasteiger partial charge in [-0.1, -0.05) is 6.07 Å². The summed E-state index contributed by atoms with van der Waals surface area (Å²) in [6, 6.07) is 5.25. The third kappa shape index (κ3) is 3.12. The van der Waals surface area contributed by atoms with Gasteiger partial charge in [0.05, 0.1) is 16.8 Å². The van der Waals surface area contributed by atoms with E-state index in [2.05, 4.69) is 20.4 Å². The number of piperidine rings is 3. The number of aromatic carboxylic acids is 1. The van der Waals surface area contributed by atoms with Crippen molar-refractivity contribution in [3.63, 3.8) is 0 Å². The number of carboxylic acid groups (broad SMARTS) is 1.